The summed E-state index contributed by atoms with van der Waals surface area (Å²) >= 11 is 0. The molecule has 0 aromatic heterocycles. The Morgan fingerprint density at radius 2 is 2.00 bits per heavy atom. The minimum absolute atomic E-state index is 0.0300. The van der Waals surface area contributed by atoms with Gasteiger partial charge in [-0.15, -0.1) is 0 Å². The molecule has 2 amide bonds. The second-order valence-electron chi connectivity index (χ2n) is 5.67. The first-order valence-corrected chi connectivity index (χ1v) is 6.80. The third-order valence-corrected chi connectivity index (χ3v) is 4.21. The van der Waals surface area contributed by atoms with E-state index in [4.69, 9.17) is 5.11 Å². The van der Waals surface area contributed by atoms with Gasteiger partial charge < -0.3 is 15.3 Å². The monoisotopic (exact) mass is 254 g/mol. The van der Waals surface area contributed by atoms with Gasteiger partial charge in [0, 0.05) is 19.6 Å². The Morgan fingerprint density at radius 3 is 2.50 bits per heavy atom. The molecule has 2 aliphatic rings. The Bertz CT molecular complexity index is 328. The quantitative estimate of drug-likeness (QED) is 0.802. The molecule has 5 heteroatoms. The summed E-state index contributed by atoms with van der Waals surface area (Å²) in [7, 11) is 1.82. The molecule has 2 aliphatic carbocycles. The molecule has 2 N–H and O–H groups in total. The summed E-state index contributed by atoms with van der Waals surface area (Å²) in [6.45, 7) is 0.820. The predicted octanol–water partition coefficient (Wildman–Crippen LogP) is 1.68. The van der Waals surface area contributed by atoms with E-state index >= 15 is 0 Å². The van der Waals surface area contributed by atoms with E-state index in [2.05, 4.69) is 5.32 Å². The third kappa shape index (κ3) is 3.15. The number of hydrogen-bond donors (Lipinski definition) is 2. The van der Waals surface area contributed by atoms with Gasteiger partial charge in [0.2, 0.25) is 0 Å². The van der Waals surface area contributed by atoms with Crippen LogP contribution in [0, 0.1) is 11.8 Å². The Kier molecular flexibility index (Phi) is 4.09. The molecule has 0 aromatic rings. The molecule has 0 aromatic carbocycles. The first-order valence-electron chi connectivity index (χ1n) is 6.80. The predicted molar refractivity (Wildman–Crippen MR) is 67.3 cm³/mol. The van der Waals surface area contributed by atoms with Gasteiger partial charge in [-0.1, -0.05) is 6.42 Å². The summed E-state index contributed by atoms with van der Waals surface area (Å²) < 4.78 is 0. The van der Waals surface area contributed by atoms with Gasteiger partial charge in [-0.25, -0.2) is 4.79 Å². The summed E-state index contributed by atoms with van der Waals surface area (Å²) in [5.74, 6) is -0.363. The second kappa shape index (κ2) is 5.59. The lowest BCUT2D eigenvalue weighted by atomic mass is 9.85. The van der Waals surface area contributed by atoms with E-state index in [1.165, 1.54) is 19.3 Å². The number of amides is 2. The van der Waals surface area contributed by atoms with Gasteiger partial charge in [-0.2, -0.15) is 0 Å². The van der Waals surface area contributed by atoms with Gasteiger partial charge in [0.25, 0.3) is 0 Å². The van der Waals surface area contributed by atoms with Crippen molar-refractivity contribution in [3.8, 4) is 0 Å². The molecule has 0 saturated heterocycles. The number of carbonyl (C=O) groups is 2. The largest absolute Gasteiger partial charge is 0.481 e. The van der Waals surface area contributed by atoms with Crippen molar-refractivity contribution in [2.45, 2.75) is 44.6 Å². The number of nitrogens with one attached hydrogen (secondary N) is 1. The van der Waals surface area contributed by atoms with Crippen LogP contribution in [0.15, 0.2) is 0 Å². The zero-order chi connectivity index (χ0) is 13.1. The van der Waals surface area contributed by atoms with Gasteiger partial charge in [0.1, 0.15) is 0 Å². The van der Waals surface area contributed by atoms with Crippen LogP contribution in [-0.2, 0) is 4.79 Å². The van der Waals surface area contributed by atoms with Crippen LogP contribution in [0.5, 0.6) is 0 Å². The third-order valence-electron chi connectivity index (χ3n) is 4.21. The first-order chi connectivity index (χ1) is 8.56. The van der Waals surface area contributed by atoms with E-state index in [1.807, 2.05) is 7.05 Å². The lowest BCUT2D eigenvalue weighted by Crippen LogP contribution is -2.44. The zero-order valence-corrected chi connectivity index (χ0v) is 10.9. The Morgan fingerprint density at radius 1 is 1.28 bits per heavy atom. The summed E-state index contributed by atoms with van der Waals surface area (Å²) in [6.07, 6.45) is 5.75. The van der Waals surface area contributed by atoms with Gasteiger partial charge >= 0.3 is 12.0 Å². The Labute approximate surface area is 108 Å². The number of rotatable bonds is 4. The molecule has 2 saturated carbocycles. The van der Waals surface area contributed by atoms with Crippen LogP contribution in [0.3, 0.4) is 0 Å². The van der Waals surface area contributed by atoms with Crippen molar-refractivity contribution >= 4 is 12.0 Å². The maximum absolute atomic E-state index is 11.9. The fourth-order valence-corrected chi connectivity index (χ4v) is 2.77. The average molecular weight is 254 g/mol. The van der Waals surface area contributed by atoms with Crippen molar-refractivity contribution in [1.82, 2.24) is 10.2 Å². The highest BCUT2D eigenvalue weighted by Gasteiger charge is 2.31. The number of carbonyl (C=O) groups excluding carboxylic acids is 1. The number of urea groups is 1. The van der Waals surface area contributed by atoms with Crippen LogP contribution in [-0.4, -0.2) is 41.6 Å². The molecule has 2 atom stereocenters. The van der Waals surface area contributed by atoms with Crippen LogP contribution in [0.25, 0.3) is 0 Å². The molecule has 102 valence electrons. The summed E-state index contributed by atoms with van der Waals surface area (Å²) in [4.78, 5) is 24.5. The van der Waals surface area contributed by atoms with E-state index in [9.17, 15) is 9.59 Å². The van der Waals surface area contributed by atoms with Crippen molar-refractivity contribution in [2.75, 3.05) is 13.6 Å². The lowest BCUT2D eigenvalue weighted by Gasteiger charge is -2.30. The van der Waals surface area contributed by atoms with Crippen LogP contribution >= 0.6 is 0 Å². The smallest absolute Gasteiger partial charge is 0.317 e. The summed E-state index contributed by atoms with van der Waals surface area (Å²) in [5.41, 5.74) is 0. The summed E-state index contributed by atoms with van der Waals surface area (Å²) in [6, 6.07) is -0.0274. The van der Waals surface area contributed by atoms with Gasteiger partial charge in [0.15, 0.2) is 0 Å². The normalized spacial score (nSPS) is 27.6. The van der Waals surface area contributed by atoms with Crippen molar-refractivity contribution in [3.63, 3.8) is 0 Å². The fourth-order valence-electron chi connectivity index (χ4n) is 2.77. The molecule has 0 heterocycles. The number of carboxylic acids is 1. The molecule has 2 fully saturated rings. The number of carboxylic acid groups (broad SMARTS) is 1. The van der Waals surface area contributed by atoms with E-state index in [0.29, 0.717) is 18.8 Å². The topological polar surface area (TPSA) is 69.6 Å². The van der Waals surface area contributed by atoms with Crippen LogP contribution in [0.2, 0.25) is 0 Å². The van der Waals surface area contributed by atoms with E-state index in [1.54, 1.807) is 4.90 Å². The standard InChI is InChI=1S/C13H22N2O3/c1-15(8-9-3-2-4-9)13(18)14-11-6-5-10(7-11)12(16)17/h9-11H,2-8H2,1H3,(H,14,18)(H,16,17)/t10-,11+/m1/s1. The van der Waals surface area contributed by atoms with Crippen LogP contribution < -0.4 is 5.32 Å². The minimum atomic E-state index is -0.741. The van der Waals surface area contributed by atoms with E-state index in [0.717, 1.165) is 13.0 Å². The molecule has 0 spiro atoms. The van der Waals surface area contributed by atoms with Crippen LogP contribution in [0.1, 0.15) is 38.5 Å². The average Bonchev–Trinajstić information content (AvgIpc) is 2.71. The SMILES string of the molecule is CN(CC1CCC1)C(=O)N[C@H]1CC[C@@H](C(=O)O)C1. The van der Waals surface area contributed by atoms with Crippen molar-refractivity contribution in [2.24, 2.45) is 11.8 Å². The van der Waals surface area contributed by atoms with Crippen molar-refractivity contribution in [3.05, 3.63) is 0 Å². The molecular formula is C13H22N2O3. The maximum atomic E-state index is 11.9. The molecule has 5 nitrogen and oxygen atoms in total. The summed E-state index contributed by atoms with van der Waals surface area (Å²) in [5, 5.41) is 11.9. The molecule has 18 heavy (non-hydrogen) atoms. The lowest BCUT2D eigenvalue weighted by molar-refractivity contribution is -0.141. The first kappa shape index (κ1) is 13.2. The molecule has 0 radical (unpaired) electrons. The van der Waals surface area contributed by atoms with Gasteiger partial charge in [0.05, 0.1) is 5.92 Å². The molecule has 0 unspecified atom stereocenters. The number of aliphatic carboxylic acids is 1. The van der Waals surface area contributed by atoms with E-state index < -0.39 is 5.97 Å². The highest BCUT2D eigenvalue weighted by molar-refractivity contribution is 5.75. The number of nitrogens with zero attached hydrogens (tertiary/aromatic N) is 1. The fraction of sp³-hybridized carbons (Fsp3) is 0.846. The molecule has 0 aliphatic heterocycles. The highest BCUT2D eigenvalue weighted by Crippen LogP contribution is 2.27. The Hall–Kier alpha value is -1.26. The van der Waals surface area contributed by atoms with Crippen LogP contribution in [0.4, 0.5) is 4.79 Å². The van der Waals surface area contributed by atoms with Crippen molar-refractivity contribution in [1.29, 1.82) is 0 Å². The zero-order valence-electron chi connectivity index (χ0n) is 10.9. The minimum Gasteiger partial charge on any atom is -0.481 e. The van der Waals surface area contributed by atoms with Gasteiger partial charge in [-0.05, 0) is 38.0 Å². The molecular weight excluding hydrogens is 232 g/mol. The molecule has 2 rings (SSSR count). The van der Waals surface area contributed by atoms with Gasteiger partial charge in [-0.3, -0.25) is 4.79 Å². The van der Waals surface area contributed by atoms with Crippen molar-refractivity contribution < 1.29 is 14.7 Å². The highest BCUT2D eigenvalue weighted by atomic mass is 16.4. The maximum Gasteiger partial charge on any atom is 0.317 e. The van der Waals surface area contributed by atoms with E-state index in [-0.39, 0.29) is 18.0 Å². The number of hydrogen-bond acceptors (Lipinski definition) is 2. The second-order valence-corrected chi connectivity index (χ2v) is 5.67. The Balaban J connectivity index is 1.72. The molecule has 0 bridgehead atoms.